The van der Waals surface area contributed by atoms with Gasteiger partial charge in [-0.2, -0.15) is 0 Å². The van der Waals surface area contributed by atoms with Gasteiger partial charge in [0.25, 0.3) is 10.0 Å². The average Bonchev–Trinajstić information content (AvgIpc) is 2.99. The van der Waals surface area contributed by atoms with Gasteiger partial charge in [-0.3, -0.25) is 13.9 Å². The lowest BCUT2D eigenvalue weighted by Crippen LogP contribution is -2.53. The number of nitrogens with one attached hydrogen (secondary N) is 1. The fourth-order valence-corrected chi connectivity index (χ4v) is 6.14. The van der Waals surface area contributed by atoms with E-state index in [1.54, 1.807) is 55.6 Å². The van der Waals surface area contributed by atoms with Crippen LogP contribution in [0.4, 0.5) is 5.69 Å². The number of amides is 2. The summed E-state index contributed by atoms with van der Waals surface area (Å²) in [7, 11) is -2.54. The number of ether oxygens (including phenoxy) is 1. The quantitative estimate of drug-likeness (QED) is 0.267. The maximum atomic E-state index is 14.3. The van der Waals surface area contributed by atoms with Crippen molar-refractivity contribution in [1.29, 1.82) is 0 Å². The second-order valence-corrected chi connectivity index (χ2v) is 12.3. The standard InChI is InChI=1S/C33H43N3O5S/c1-7-25(5)34-33(38)30(9-3)35(22-26-16-18-28(41-6)19-17-26)32(37)23-36(31-13-11-10-12-27(31)8-2)42(39,40)29-20-14-24(4)15-21-29/h10-21,25,30H,7-9,22-23H2,1-6H3,(H,34,38)/t25-,30-/m0/s1. The number of hydrogen-bond acceptors (Lipinski definition) is 5. The molecule has 0 aliphatic carbocycles. The Hall–Kier alpha value is -3.85. The maximum Gasteiger partial charge on any atom is 0.264 e. The molecule has 0 unspecified atom stereocenters. The van der Waals surface area contributed by atoms with Crippen molar-refractivity contribution < 1.29 is 22.7 Å². The summed E-state index contributed by atoms with van der Waals surface area (Å²) >= 11 is 0. The van der Waals surface area contributed by atoms with Gasteiger partial charge in [0.15, 0.2) is 0 Å². The van der Waals surface area contributed by atoms with E-state index in [0.29, 0.717) is 24.3 Å². The molecule has 3 aromatic carbocycles. The van der Waals surface area contributed by atoms with E-state index in [9.17, 15) is 18.0 Å². The molecule has 3 rings (SSSR count). The van der Waals surface area contributed by atoms with Crippen LogP contribution in [-0.2, 0) is 32.6 Å². The van der Waals surface area contributed by atoms with Crippen molar-refractivity contribution in [3.63, 3.8) is 0 Å². The highest BCUT2D eigenvalue weighted by Crippen LogP contribution is 2.28. The Bertz CT molecular complexity index is 1440. The Labute approximate surface area is 250 Å². The molecule has 0 aliphatic heterocycles. The predicted octanol–water partition coefficient (Wildman–Crippen LogP) is 5.48. The van der Waals surface area contributed by atoms with Crippen molar-refractivity contribution in [3.8, 4) is 5.75 Å². The Morgan fingerprint density at radius 2 is 1.55 bits per heavy atom. The molecule has 0 heterocycles. The van der Waals surface area contributed by atoms with Gasteiger partial charge in [0.2, 0.25) is 11.8 Å². The van der Waals surface area contributed by atoms with Gasteiger partial charge in [0.05, 0.1) is 17.7 Å². The number of benzene rings is 3. The van der Waals surface area contributed by atoms with Crippen LogP contribution in [-0.4, -0.2) is 50.9 Å². The Morgan fingerprint density at radius 3 is 2.12 bits per heavy atom. The van der Waals surface area contributed by atoms with E-state index in [-0.39, 0.29) is 23.4 Å². The summed E-state index contributed by atoms with van der Waals surface area (Å²) in [5, 5.41) is 3.00. The second kappa shape index (κ2) is 14.9. The average molecular weight is 594 g/mol. The second-order valence-electron chi connectivity index (χ2n) is 10.4. The maximum absolute atomic E-state index is 14.3. The number of sulfonamides is 1. The third kappa shape index (κ3) is 7.91. The molecule has 3 aromatic rings. The lowest BCUT2D eigenvalue weighted by Gasteiger charge is -2.34. The highest BCUT2D eigenvalue weighted by atomic mass is 32.2. The number of methoxy groups -OCH3 is 1. The zero-order valence-corrected chi connectivity index (χ0v) is 26.3. The first-order chi connectivity index (χ1) is 20.0. The third-order valence-corrected chi connectivity index (χ3v) is 9.20. The fourth-order valence-electron chi connectivity index (χ4n) is 4.69. The van der Waals surface area contributed by atoms with Crippen molar-refractivity contribution in [3.05, 3.63) is 89.5 Å². The van der Waals surface area contributed by atoms with Crippen molar-refractivity contribution >= 4 is 27.5 Å². The highest BCUT2D eigenvalue weighted by molar-refractivity contribution is 7.92. The molecule has 2 atom stereocenters. The number of carbonyl (C=O) groups excluding carboxylic acids is 2. The lowest BCUT2D eigenvalue weighted by atomic mass is 10.1. The molecule has 8 nitrogen and oxygen atoms in total. The number of anilines is 1. The Balaban J connectivity index is 2.09. The van der Waals surface area contributed by atoms with Gasteiger partial charge in [-0.15, -0.1) is 0 Å². The minimum absolute atomic E-state index is 0.0701. The molecule has 0 bridgehead atoms. The van der Waals surface area contributed by atoms with Gasteiger partial charge in [0.1, 0.15) is 18.3 Å². The number of rotatable bonds is 14. The first kappa shape index (κ1) is 32.7. The van der Waals surface area contributed by atoms with Gasteiger partial charge >= 0.3 is 0 Å². The van der Waals surface area contributed by atoms with E-state index in [1.165, 1.54) is 9.21 Å². The van der Waals surface area contributed by atoms with Gasteiger partial charge in [-0.05, 0) is 74.6 Å². The van der Waals surface area contributed by atoms with Crippen molar-refractivity contribution in [2.45, 2.75) is 77.4 Å². The summed E-state index contributed by atoms with van der Waals surface area (Å²) in [6, 6.07) is 20.2. The minimum atomic E-state index is -4.12. The smallest absolute Gasteiger partial charge is 0.264 e. The van der Waals surface area contributed by atoms with Gasteiger partial charge in [-0.1, -0.05) is 68.8 Å². The minimum Gasteiger partial charge on any atom is -0.497 e. The monoisotopic (exact) mass is 593 g/mol. The number of hydrogen-bond donors (Lipinski definition) is 1. The van der Waals surface area contributed by atoms with E-state index in [2.05, 4.69) is 5.32 Å². The third-order valence-electron chi connectivity index (χ3n) is 7.43. The first-order valence-electron chi connectivity index (χ1n) is 14.5. The van der Waals surface area contributed by atoms with Crippen LogP contribution < -0.4 is 14.4 Å². The predicted molar refractivity (Wildman–Crippen MR) is 167 cm³/mol. The van der Waals surface area contributed by atoms with Crippen LogP contribution in [0.3, 0.4) is 0 Å². The van der Waals surface area contributed by atoms with E-state index in [1.807, 2.05) is 58.9 Å². The largest absolute Gasteiger partial charge is 0.497 e. The molecule has 0 saturated heterocycles. The summed E-state index contributed by atoms with van der Waals surface area (Å²) in [5.74, 6) is -0.0705. The van der Waals surface area contributed by atoms with Crippen LogP contribution in [0.15, 0.2) is 77.7 Å². The summed E-state index contributed by atoms with van der Waals surface area (Å²) in [5.41, 5.74) is 2.95. The van der Waals surface area contributed by atoms with Crippen LogP contribution in [0, 0.1) is 6.92 Å². The molecule has 0 saturated carbocycles. The Kier molecular flexibility index (Phi) is 11.6. The summed E-state index contributed by atoms with van der Waals surface area (Å²) < 4.78 is 34.7. The molecule has 2 amide bonds. The fraction of sp³-hybridized carbons (Fsp3) is 0.394. The molecule has 9 heteroatoms. The molecule has 0 aliphatic rings. The van der Waals surface area contributed by atoms with Crippen LogP contribution in [0.1, 0.15) is 57.2 Å². The number of aryl methyl sites for hydroxylation is 2. The normalized spacial score (nSPS) is 12.7. The molecule has 226 valence electrons. The number of para-hydroxylation sites is 1. The van der Waals surface area contributed by atoms with Gasteiger partial charge in [-0.25, -0.2) is 8.42 Å². The molecule has 1 N–H and O–H groups in total. The molecule has 0 aromatic heterocycles. The molecular weight excluding hydrogens is 550 g/mol. The molecule has 0 radical (unpaired) electrons. The van der Waals surface area contributed by atoms with E-state index in [4.69, 9.17) is 4.74 Å². The number of nitrogens with zero attached hydrogens (tertiary/aromatic N) is 2. The van der Waals surface area contributed by atoms with Crippen molar-refractivity contribution in [2.75, 3.05) is 18.0 Å². The topological polar surface area (TPSA) is 96.0 Å². The highest BCUT2D eigenvalue weighted by Gasteiger charge is 2.34. The van der Waals surface area contributed by atoms with Crippen LogP contribution in [0.25, 0.3) is 0 Å². The van der Waals surface area contributed by atoms with E-state index in [0.717, 1.165) is 23.1 Å². The summed E-state index contributed by atoms with van der Waals surface area (Å²) in [6.45, 7) is 9.24. The summed E-state index contributed by atoms with van der Waals surface area (Å²) in [4.78, 5) is 29.3. The molecule has 0 fully saturated rings. The van der Waals surface area contributed by atoms with E-state index >= 15 is 0 Å². The van der Waals surface area contributed by atoms with Crippen LogP contribution in [0.5, 0.6) is 5.75 Å². The summed E-state index contributed by atoms with van der Waals surface area (Å²) in [6.07, 6.45) is 1.68. The zero-order valence-electron chi connectivity index (χ0n) is 25.5. The molecule has 0 spiro atoms. The molecule has 42 heavy (non-hydrogen) atoms. The molecular formula is C33H43N3O5S. The lowest BCUT2D eigenvalue weighted by molar-refractivity contribution is -0.140. The van der Waals surface area contributed by atoms with Crippen LogP contribution >= 0.6 is 0 Å². The zero-order chi connectivity index (χ0) is 30.9. The Morgan fingerprint density at radius 1 is 0.905 bits per heavy atom. The SMILES string of the molecule is CCc1ccccc1N(CC(=O)N(Cc1ccc(OC)cc1)[C@@H](CC)C(=O)N[C@@H](C)CC)S(=O)(=O)c1ccc(C)cc1. The van der Waals surface area contributed by atoms with Gasteiger partial charge < -0.3 is 15.0 Å². The van der Waals surface area contributed by atoms with Crippen molar-refractivity contribution in [2.24, 2.45) is 0 Å². The number of carbonyl (C=O) groups is 2. The first-order valence-corrected chi connectivity index (χ1v) is 15.9. The van der Waals surface area contributed by atoms with E-state index < -0.39 is 28.5 Å². The van der Waals surface area contributed by atoms with Crippen LogP contribution in [0.2, 0.25) is 0 Å². The van der Waals surface area contributed by atoms with Crippen molar-refractivity contribution in [1.82, 2.24) is 10.2 Å². The van der Waals surface area contributed by atoms with Gasteiger partial charge in [0, 0.05) is 12.6 Å².